The van der Waals surface area contributed by atoms with Crippen LogP contribution < -0.4 is 0 Å². The van der Waals surface area contributed by atoms with E-state index in [0.717, 1.165) is 17.4 Å². The molecular weight excluding hydrogens is 496 g/mol. The zero-order chi connectivity index (χ0) is 25.4. The first-order chi connectivity index (χ1) is 16.4. The third-order valence-corrected chi connectivity index (χ3v) is 6.09. The van der Waals surface area contributed by atoms with Crippen molar-refractivity contribution < 1.29 is 31.1 Å². The van der Waals surface area contributed by atoms with E-state index >= 15 is 0 Å². The van der Waals surface area contributed by atoms with Crippen LogP contribution >= 0.6 is 11.3 Å². The van der Waals surface area contributed by atoms with Crippen molar-refractivity contribution in [1.29, 1.82) is 0 Å². The number of halogens is 6. The van der Waals surface area contributed by atoms with Crippen LogP contribution in [0.4, 0.5) is 26.3 Å². The molecule has 4 aromatic rings. The highest BCUT2D eigenvalue weighted by Crippen LogP contribution is 2.39. The minimum atomic E-state index is -5.00. The molecule has 0 aliphatic heterocycles. The summed E-state index contributed by atoms with van der Waals surface area (Å²) in [6, 6.07) is 5.66. The number of hydrogen-bond acceptors (Lipinski definition) is 6. The molecule has 0 fully saturated rings. The van der Waals surface area contributed by atoms with Gasteiger partial charge in [0.25, 0.3) is 0 Å². The Morgan fingerprint density at radius 3 is 2.49 bits per heavy atom. The Hall–Kier alpha value is -3.61. The first-order valence-corrected chi connectivity index (χ1v) is 10.8. The van der Waals surface area contributed by atoms with Crippen molar-refractivity contribution in [2.75, 3.05) is 0 Å². The SMILES string of the molecule is CC(c1ccc(C(F)(F)F)cc1C(F)(F)F)n1cc(CC(=O)c2nnc(-c3ccccn3)s2)cn1. The number of carbonyl (C=O) groups is 1. The number of nitrogens with zero attached hydrogens (tertiary/aromatic N) is 5. The van der Waals surface area contributed by atoms with Crippen molar-refractivity contribution in [3.63, 3.8) is 0 Å². The third-order valence-electron chi connectivity index (χ3n) is 5.10. The van der Waals surface area contributed by atoms with Crippen LogP contribution in [0.1, 0.15) is 45.0 Å². The lowest BCUT2D eigenvalue weighted by molar-refractivity contribution is -0.143. The summed E-state index contributed by atoms with van der Waals surface area (Å²) in [5.74, 6) is -0.373. The highest BCUT2D eigenvalue weighted by molar-refractivity contribution is 7.16. The number of carbonyl (C=O) groups excluding carboxylic acids is 1. The zero-order valence-corrected chi connectivity index (χ0v) is 18.6. The molecule has 35 heavy (non-hydrogen) atoms. The zero-order valence-electron chi connectivity index (χ0n) is 17.8. The number of benzene rings is 1. The second-order valence-corrected chi connectivity index (χ2v) is 8.51. The van der Waals surface area contributed by atoms with E-state index in [0.29, 0.717) is 22.3 Å². The Labute approximate surface area is 198 Å². The lowest BCUT2D eigenvalue weighted by atomic mass is 9.98. The van der Waals surface area contributed by atoms with E-state index < -0.39 is 29.5 Å². The van der Waals surface area contributed by atoms with Gasteiger partial charge in [-0.25, -0.2) is 0 Å². The predicted molar refractivity (Wildman–Crippen MR) is 114 cm³/mol. The average Bonchev–Trinajstić information content (AvgIpc) is 3.48. The lowest BCUT2D eigenvalue weighted by Gasteiger charge is -2.20. The van der Waals surface area contributed by atoms with Gasteiger partial charge in [-0.1, -0.05) is 23.5 Å². The molecule has 0 spiro atoms. The summed E-state index contributed by atoms with van der Waals surface area (Å²) >= 11 is 1.05. The molecule has 0 aliphatic rings. The second-order valence-electron chi connectivity index (χ2n) is 7.53. The second kappa shape index (κ2) is 9.21. The molecule has 0 amide bonds. The molecule has 0 saturated heterocycles. The van der Waals surface area contributed by atoms with Gasteiger partial charge < -0.3 is 0 Å². The highest BCUT2D eigenvalue weighted by Gasteiger charge is 2.39. The summed E-state index contributed by atoms with van der Waals surface area (Å²) in [6.45, 7) is 1.38. The average molecular weight is 511 g/mol. The molecule has 0 radical (unpaired) electrons. The van der Waals surface area contributed by atoms with Crippen molar-refractivity contribution in [3.8, 4) is 10.7 Å². The van der Waals surface area contributed by atoms with Gasteiger partial charge in [0.2, 0.25) is 0 Å². The van der Waals surface area contributed by atoms with Gasteiger partial charge in [-0.2, -0.15) is 31.4 Å². The fourth-order valence-electron chi connectivity index (χ4n) is 3.36. The van der Waals surface area contributed by atoms with Gasteiger partial charge in [0.15, 0.2) is 15.8 Å². The molecule has 0 bridgehead atoms. The summed E-state index contributed by atoms with van der Waals surface area (Å²) in [5.41, 5.74) is -2.21. The van der Waals surface area contributed by atoms with Gasteiger partial charge in [-0.15, -0.1) is 10.2 Å². The van der Waals surface area contributed by atoms with Crippen molar-refractivity contribution in [3.05, 3.63) is 82.3 Å². The van der Waals surface area contributed by atoms with Gasteiger partial charge in [0.05, 0.1) is 23.4 Å². The molecule has 3 heterocycles. The van der Waals surface area contributed by atoms with Gasteiger partial charge in [-0.3, -0.25) is 14.5 Å². The number of Topliss-reactive ketones (excluding diaryl/α,β-unsaturated/α-hetero) is 1. The Morgan fingerprint density at radius 2 is 1.83 bits per heavy atom. The third kappa shape index (κ3) is 5.39. The number of aromatic nitrogens is 5. The number of ketones is 1. The molecule has 0 N–H and O–H groups in total. The topological polar surface area (TPSA) is 73.6 Å². The molecule has 1 atom stereocenters. The maximum atomic E-state index is 13.5. The first kappa shape index (κ1) is 24.5. The largest absolute Gasteiger partial charge is 0.416 e. The summed E-state index contributed by atoms with van der Waals surface area (Å²) < 4.78 is 80.6. The van der Waals surface area contributed by atoms with E-state index in [4.69, 9.17) is 0 Å². The quantitative estimate of drug-likeness (QED) is 0.239. The Balaban J connectivity index is 1.54. The van der Waals surface area contributed by atoms with Crippen molar-refractivity contribution in [1.82, 2.24) is 25.0 Å². The van der Waals surface area contributed by atoms with Crippen molar-refractivity contribution in [2.24, 2.45) is 0 Å². The Kier molecular flexibility index (Phi) is 6.45. The van der Waals surface area contributed by atoms with E-state index in [2.05, 4.69) is 20.3 Å². The molecule has 13 heteroatoms. The van der Waals surface area contributed by atoms with Crippen LogP contribution in [0.15, 0.2) is 55.0 Å². The molecule has 182 valence electrons. The Bertz CT molecular complexity index is 1350. The minimum Gasteiger partial charge on any atom is -0.291 e. The van der Waals surface area contributed by atoms with Crippen LogP contribution in [0.3, 0.4) is 0 Å². The predicted octanol–water partition coefficient (Wildman–Crippen LogP) is 5.87. The molecule has 0 saturated carbocycles. The molecule has 3 aromatic heterocycles. The maximum Gasteiger partial charge on any atom is 0.416 e. The highest BCUT2D eigenvalue weighted by atomic mass is 32.1. The van der Waals surface area contributed by atoms with Crippen LogP contribution in [0.5, 0.6) is 0 Å². The molecule has 0 aliphatic carbocycles. The van der Waals surface area contributed by atoms with Gasteiger partial charge >= 0.3 is 12.4 Å². The molecule has 1 unspecified atom stereocenters. The fraction of sp³-hybridized carbons (Fsp3) is 0.227. The first-order valence-electron chi connectivity index (χ1n) is 10.0. The van der Waals surface area contributed by atoms with Crippen LogP contribution in [0.25, 0.3) is 10.7 Å². The van der Waals surface area contributed by atoms with E-state index in [1.807, 2.05) is 0 Å². The van der Waals surface area contributed by atoms with Crippen LogP contribution in [-0.2, 0) is 18.8 Å². The van der Waals surface area contributed by atoms with Gasteiger partial charge in [0.1, 0.15) is 5.69 Å². The number of alkyl halides is 6. The summed E-state index contributed by atoms with van der Waals surface area (Å²) in [5, 5.41) is 12.4. The van der Waals surface area contributed by atoms with Crippen LogP contribution in [0, 0.1) is 0 Å². The lowest BCUT2D eigenvalue weighted by Crippen LogP contribution is -2.17. The smallest absolute Gasteiger partial charge is 0.291 e. The minimum absolute atomic E-state index is 0.0917. The molecule has 1 aromatic carbocycles. The molecule has 6 nitrogen and oxygen atoms in total. The van der Waals surface area contributed by atoms with E-state index in [9.17, 15) is 31.1 Å². The van der Waals surface area contributed by atoms with Gasteiger partial charge in [0, 0.05) is 18.8 Å². The standard InChI is InChI=1S/C22H15F6N5OS/c1-12(15-6-5-14(21(23,24)25)9-16(15)22(26,27)28)33-11-13(10-30-33)8-18(34)20-32-31-19(35-20)17-4-2-3-7-29-17/h2-7,9-12H,8H2,1H3. The van der Waals surface area contributed by atoms with E-state index in [1.165, 1.54) is 24.0 Å². The monoisotopic (exact) mass is 511 g/mol. The van der Waals surface area contributed by atoms with Crippen LogP contribution in [0.2, 0.25) is 0 Å². The normalized spacial score (nSPS) is 13.1. The fourth-order valence-corrected chi connectivity index (χ4v) is 4.11. The van der Waals surface area contributed by atoms with E-state index in [-0.39, 0.29) is 28.8 Å². The summed E-state index contributed by atoms with van der Waals surface area (Å²) in [6.07, 6.45) is -5.78. The van der Waals surface area contributed by atoms with Crippen molar-refractivity contribution >= 4 is 17.1 Å². The maximum absolute atomic E-state index is 13.5. The van der Waals surface area contributed by atoms with Gasteiger partial charge in [-0.05, 0) is 42.3 Å². The Morgan fingerprint density at radius 1 is 1.06 bits per heavy atom. The van der Waals surface area contributed by atoms with Crippen LogP contribution in [-0.4, -0.2) is 30.7 Å². The van der Waals surface area contributed by atoms with E-state index in [1.54, 1.807) is 24.4 Å². The van der Waals surface area contributed by atoms with Crippen molar-refractivity contribution in [2.45, 2.75) is 31.7 Å². The number of hydrogen-bond donors (Lipinski definition) is 0. The number of pyridine rings is 1. The molecule has 4 rings (SSSR count). The summed E-state index contributed by atoms with van der Waals surface area (Å²) in [4.78, 5) is 16.8. The summed E-state index contributed by atoms with van der Waals surface area (Å²) in [7, 11) is 0. The molecular formula is C22H15F6N5OS. The number of rotatable bonds is 6.